The van der Waals surface area contributed by atoms with Crippen molar-refractivity contribution in [2.75, 3.05) is 0 Å². The summed E-state index contributed by atoms with van der Waals surface area (Å²) in [5.41, 5.74) is 4.51. The Bertz CT molecular complexity index is 552. The number of rotatable bonds is 5. The van der Waals surface area contributed by atoms with Crippen LogP contribution in [-0.2, 0) is 4.79 Å². The first-order valence-electron chi connectivity index (χ1n) is 7.47. The highest BCUT2D eigenvalue weighted by atomic mass is 16.5. The molecule has 2 aromatic rings. The Hall–Kier alpha value is -2.17. The van der Waals surface area contributed by atoms with E-state index in [-0.39, 0.29) is 12.8 Å². The molecule has 0 heterocycles. The summed E-state index contributed by atoms with van der Waals surface area (Å²) >= 11 is 0. The van der Waals surface area contributed by atoms with Gasteiger partial charge in [-0.1, -0.05) is 68.4 Å². The van der Waals surface area contributed by atoms with Gasteiger partial charge in [-0.3, -0.25) is 10.0 Å². The van der Waals surface area contributed by atoms with Crippen molar-refractivity contribution in [1.29, 1.82) is 0 Å². The number of amides is 1. The van der Waals surface area contributed by atoms with Gasteiger partial charge in [0.05, 0.1) is 6.10 Å². The number of hydrogen-bond acceptors (Lipinski definition) is 3. The summed E-state index contributed by atoms with van der Waals surface area (Å²) in [7, 11) is 0. The first-order chi connectivity index (χ1) is 10.7. The number of hydrogen-bond donors (Lipinski definition) is 3. The zero-order valence-corrected chi connectivity index (χ0v) is 13.0. The van der Waals surface area contributed by atoms with E-state index in [2.05, 4.69) is 0 Å². The zero-order chi connectivity index (χ0) is 16.4. The summed E-state index contributed by atoms with van der Waals surface area (Å²) in [4.78, 5) is 10.9. The zero-order valence-electron chi connectivity index (χ0n) is 13.0. The van der Waals surface area contributed by atoms with E-state index in [4.69, 9.17) is 5.21 Å². The predicted molar refractivity (Wildman–Crippen MR) is 87.3 cm³/mol. The minimum Gasteiger partial charge on any atom is -0.388 e. The Kier molecular flexibility index (Phi) is 7.89. The van der Waals surface area contributed by atoms with E-state index in [0.717, 1.165) is 16.7 Å². The molecule has 3 N–H and O–H groups in total. The van der Waals surface area contributed by atoms with Gasteiger partial charge in [-0.2, -0.15) is 0 Å². The normalized spacial score (nSPS) is 11.1. The number of carbonyl (C=O) groups excluding carboxylic acids is 1. The van der Waals surface area contributed by atoms with Crippen molar-refractivity contribution in [1.82, 2.24) is 5.48 Å². The fraction of sp³-hybridized carbons (Fsp3) is 0.278. The third-order valence-electron chi connectivity index (χ3n) is 3.17. The molecular formula is C18H23NO3. The smallest absolute Gasteiger partial charge is 0.243 e. The predicted octanol–water partition coefficient (Wildman–Crippen LogP) is 3.70. The molecule has 2 aromatic carbocycles. The maximum Gasteiger partial charge on any atom is 0.243 e. The van der Waals surface area contributed by atoms with Crippen molar-refractivity contribution in [2.24, 2.45) is 0 Å². The number of carbonyl (C=O) groups is 1. The molecule has 0 saturated heterocycles. The SMILES string of the molecule is CC.O=C(CCC(O)c1ccc(-c2ccccc2)cc1)NO. The summed E-state index contributed by atoms with van der Waals surface area (Å²) in [6, 6.07) is 17.6. The van der Waals surface area contributed by atoms with Crippen LogP contribution >= 0.6 is 0 Å². The van der Waals surface area contributed by atoms with Gasteiger partial charge in [-0.25, -0.2) is 5.48 Å². The largest absolute Gasteiger partial charge is 0.388 e. The quantitative estimate of drug-likeness (QED) is 0.582. The van der Waals surface area contributed by atoms with Crippen LogP contribution in [0.4, 0.5) is 0 Å². The third kappa shape index (κ3) is 5.31. The molecule has 0 radical (unpaired) electrons. The van der Waals surface area contributed by atoms with Crippen molar-refractivity contribution in [3.8, 4) is 11.1 Å². The van der Waals surface area contributed by atoms with E-state index >= 15 is 0 Å². The van der Waals surface area contributed by atoms with Gasteiger partial charge in [0, 0.05) is 6.42 Å². The molecular weight excluding hydrogens is 278 g/mol. The molecule has 0 fully saturated rings. The van der Waals surface area contributed by atoms with Gasteiger partial charge in [-0.05, 0) is 23.1 Å². The average molecular weight is 301 g/mol. The van der Waals surface area contributed by atoms with Gasteiger partial charge in [0.1, 0.15) is 0 Å². The van der Waals surface area contributed by atoms with Crippen molar-refractivity contribution in [3.63, 3.8) is 0 Å². The molecule has 118 valence electrons. The van der Waals surface area contributed by atoms with Crippen LogP contribution in [0.25, 0.3) is 11.1 Å². The van der Waals surface area contributed by atoms with Gasteiger partial charge >= 0.3 is 0 Å². The second-order valence-electron chi connectivity index (χ2n) is 4.58. The molecule has 1 amide bonds. The van der Waals surface area contributed by atoms with E-state index in [1.165, 1.54) is 0 Å². The Balaban J connectivity index is 0.00000116. The maximum atomic E-state index is 10.9. The number of aliphatic hydroxyl groups is 1. The lowest BCUT2D eigenvalue weighted by Crippen LogP contribution is -2.18. The van der Waals surface area contributed by atoms with Gasteiger partial charge in [0.25, 0.3) is 0 Å². The highest BCUT2D eigenvalue weighted by Crippen LogP contribution is 2.23. The van der Waals surface area contributed by atoms with Gasteiger partial charge in [0.15, 0.2) is 0 Å². The van der Waals surface area contributed by atoms with Gasteiger partial charge < -0.3 is 5.11 Å². The minimum atomic E-state index is -0.711. The minimum absolute atomic E-state index is 0.0815. The molecule has 4 heteroatoms. The summed E-state index contributed by atoms with van der Waals surface area (Å²) < 4.78 is 0. The first-order valence-corrected chi connectivity index (χ1v) is 7.47. The molecule has 0 saturated carbocycles. The van der Waals surface area contributed by atoms with E-state index in [9.17, 15) is 9.90 Å². The molecule has 4 nitrogen and oxygen atoms in total. The fourth-order valence-electron chi connectivity index (χ4n) is 2.02. The molecule has 0 aliphatic heterocycles. The van der Waals surface area contributed by atoms with Crippen molar-refractivity contribution < 1.29 is 15.1 Å². The van der Waals surface area contributed by atoms with Crippen LogP contribution in [0.5, 0.6) is 0 Å². The van der Waals surface area contributed by atoms with Crippen LogP contribution in [-0.4, -0.2) is 16.2 Å². The Labute approximate surface area is 131 Å². The van der Waals surface area contributed by atoms with Crippen LogP contribution < -0.4 is 5.48 Å². The molecule has 0 spiro atoms. The lowest BCUT2D eigenvalue weighted by Gasteiger charge is -2.11. The van der Waals surface area contributed by atoms with Crippen molar-refractivity contribution in [3.05, 3.63) is 60.2 Å². The highest BCUT2D eigenvalue weighted by molar-refractivity contribution is 5.74. The van der Waals surface area contributed by atoms with Crippen molar-refractivity contribution >= 4 is 5.91 Å². The van der Waals surface area contributed by atoms with Crippen LogP contribution in [0.1, 0.15) is 38.4 Å². The van der Waals surface area contributed by atoms with Gasteiger partial charge in [0.2, 0.25) is 5.91 Å². The van der Waals surface area contributed by atoms with Crippen molar-refractivity contribution in [2.45, 2.75) is 32.8 Å². The van der Waals surface area contributed by atoms with Crippen LogP contribution in [0.2, 0.25) is 0 Å². The second kappa shape index (κ2) is 9.71. The summed E-state index contributed by atoms with van der Waals surface area (Å²) in [5.74, 6) is -0.495. The molecule has 0 bridgehead atoms. The second-order valence-corrected chi connectivity index (χ2v) is 4.58. The third-order valence-corrected chi connectivity index (χ3v) is 3.17. The molecule has 22 heavy (non-hydrogen) atoms. The van der Waals surface area contributed by atoms with Crippen LogP contribution in [0.3, 0.4) is 0 Å². The fourth-order valence-corrected chi connectivity index (χ4v) is 2.02. The lowest BCUT2D eigenvalue weighted by molar-refractivity contribution is -0.129. The van der Waals surface area contributed by atoms with Crippen LogP contribution in [0, 0.1) is 0 Å². The number of aliphatic hydroxyl groups excluding tert-OH is 1. The maximum absolute atomic E-state index is 10.9. The molecule has 0 aliphatic rings. The standard InChI is InChI=1S/C16H17NO3.C2H6/c18-15(10-11-16(19)17-20)14-8-6-13(7-9-14)12-4-2-1-3-5-12;1-2/h1-9,15,18,20H,10-11H2,(H,17,19);1-2H3. The van der Waals surface area contributed by atoms with E-state index < -0.39 is 12.0 Å². The topological polar surface area (TPSA) is 69.6 Å². The van der Waals surface area contributed by atoms with E-state index in [1.807, 2.05) is 68.4 Å². The van der Waals surface area contributed by atoms with E-state index in [1.54, 1.807) is 5.48 Å². The Morgan fingerprint density at radius 1 is 1.00 bits per heavy atom. The van der Waals surface area contributed by atoms with Gasteiger partial charge in [-0.15, -0.1) is 0 Å². The Morgan fingerprint density at radius 3 is 2.09 bits per heavy atom. The number of nitrogens with one attached hydrogen (secondary N) is 1. The van der Waals surface area contributed by atoms with Crippen LogP contribution in [0.15, 0.2) is 54.6 Å². The first kappa shape index (κ1) is 17.9. The molecule has 2 rings (SSSR count). The molecule has 0 aliphatic carbocycles. The average Bonchev–Trinajstić information content (AvgIpc) is 2.62. The van der Waals surface area contributed by atoms with E-state index in [0.29, 0.717) is 0 Å². The molecule has 1 atom stereocenters. The Morgan fingerprint density at radius 2 is 1.55 bits per heavy atom. The summed E-state index contributed by atoms with van der Waals surface area (Å²) in [6.45, 7) is 4.00. The monoisotopic (exact) mass is 301 g/mol. The molecule has 0 aromatic heterocycles. The summed E-state index contributed by atoms with van der Waals surface area (Å²) in [6.07, 6.45) is -0.355. The molecule has 1 unspecified atom stereocenters. The highest BCUT2D eigenvalue weighted by Gasteiger charge is 2.10. The number of hydroxylamine groups is 1. The summed E-state index contributed by atoms with van der Waals surface area (Å²) in [5, 5.41) is 18.4. The lowest BCUT2D eigenvalue weighted by atomic mass is 10.00. The number of benzene rings is 2.